The van der Waals surface area contributed by atoms with Crippen LogP contribution in [0.2, 0.25) is 0 Å². The highest BCUT2D eigenvalue weighted by molar-refractivity contribution is 5.34. The van der Waals surface area contributed by atoms with Crippen molar-refractivity contribution >= 4 is 0 Å². The molecule has 2 heteroatoms. The number of hydrogen-bond donors (Lipinski definition) is 2. The molecular weight excluding hydrogens is 152 g/mol. The fourth-order valence-corrected chi connectivity index (χ4v) is 0.712. The highest BCUT2D eigenvalue weighted by Crippen LogP contribution is 1.97. The Morgan fingerprint density at radius 3 is 2.25 bits per heavy atom. The van der Waals surface area contributed by atoms with E-state index in [1.54, 1.807) is 12.1 Å². The third kappa shape index (κ3) is 3.20. The Morgan fingerprint density at radius 2 is 1.75 bits per heavy atom. The van der Waals surface area contributed by atoms with Crippen LogP contribution >= 0.6 is 0 Å². The summed E-state index contributed by atoms with van der Waals surface area (Å²) in [5.74, 6) is 3.03. The normalized spacial score (nSPS) is 10.2. The molecule has 0 radical (unpaired) electrons. The summed E-state index contributed by atoms with van der Waals surface area (Å²) < 4.78 is 0. The first-order valence-electron chi connectivity index (χ1n) is 3.61. The summed E-state index contributed by atoms with van der Waals surface area (Å²) in [4.78, 5) is 0. The Balaban J connectivity index is 2.81. The molecule has 0 aliphatic rings. The second-order valence-electron chi connectivity index (χ2n) is 2.64. The van der Waals surface area contributed by atoms with Gasteiger partial charge in [-0.25, -0.2) is 0 Å². The highest BCUT2D eigenvalue weighted by atomic mass is 16.5. The Hall–Kier alpha value is -1.30. The maximum Gasteiger partial charge on any atom is 0.225 e. The van der Waals surface area contributed by atoms with Gasteiger partial charge in [-0.1, -0.05) is 24.1 Å². The van der Waals surface area contributed by atoms with Gasteiger partial charge in [-0.15, -0.1) is 0 Å². The van der Waals surface area contributed by atoms with E-state index in [-0.39, 0.29) is 0 Å². The maximum absolute atomic E-state index is 8.86. The van der Waals surface area contributed by atoms with Gasteiger partial charge in [0.25, 0.3) is 0 Å². The van der Waals surface area contributed by atoms with Crippen molar-refractivity contribution in [2.24, 2.45) is 0 Å². The lowest BCUT2D eigenvalue weighted by Crippen LogP contribution is -2.19. The molecule has 1 aromatic rings. The topological polar surface area (TPSA) is 40.5 Å². The molecule has 1 aromatic carbocycles. The van der Waals surface area contributed by atoms with E-state index in [1.165, 1.54) is 6.92 Å². The van der Waals surface area contributed by atoms with Crippen LogP contribution < -0.4 is 0 Å². The van der Waals surface area contributed by atoms with Gasteiger partial charge in [0.15, 0.2) is 0 Å². The van der Waals surface area contributed by atoms with E-state index in [2.05, 4.69) is 11.8 Å². The summed E-state index contributed by atoms with van der Waals surface area (Å²) >= 11 is 0. The first-order chi connectivity index (χ1) is 5.58. The predicted octanol–water partition coefficient (Wildman–Crippen LogP) is 0.739. The van der Waals surface area contributed by atoms with Crippen LogP contribution in [-0.2, 0) is 0 Å². The molecule has 0 saturated carbocycles. The molecule has 0 aliphatic carbocycles. The van der Waals surface area contributed by atoms with Crippen LogP contribution in [0.1, 0.15) is 12.5 Å². The minimum Gasteiger partial charge on any atom is -0.356 e. The van der Waals surface area contributed by atoms with Crippen LogP contribution in [0.3, 0.4) is 0 Å². The lowest BCUT2D eigenvalue weighted by atomic mass is 10.2. The second kappa shape index (κ2) is 3.40. The minimum atomic E-state index is -1.91. The molecule has 0 amide bonds. The Labute approximate surface area is 71.5 Å². The zero-order valence-electron chi connectivity index (χ0n) is 6.78. The quantitative estimate of drug-likeness (QED) is 0.436. The van der Waals surface area contributed by atoms with Crippen molar-refractivity contribution in [2.75, 3.05) is 0 Å². The van der Waals surface area contributed by atoms with Crippen LogP contribution in [0.15, 0.2) is 30.3 Å². The van der Waals surface area contributed by atoms with Crippen molar-refractivity contribution in [3.05, 3.63) is 35.9 Å². The Kier molecular flexibility index (Phi) is 2.49. The number of benzene rings is 1. The van der Waals surface area contributed by atoms with Crippen molar-refractivity contribution in [2.45, 2.75) is 12.7 Å². The van der Waals surface area contributed by atoms with Gasteiger partial charge in [0, 0.05) is 12.5 Å². The molecule has 0 atom stereocenters. The number of hydrogen-bond acceptors (Lipinski definition) is 2. The lowest BCUT2D eigenvalue weighted by Gasteiger charge is -2.04. The molecule has 1 rings (SSSR count). The van der Waals surface area contributed by atoms with Crippen molar-refractivity contribution in [1.29, 1.82) is 0 Å². The van der Waals surface area contributed by atoms with Gasteiger partial charge in [0.2, 0.25) is 5.79 Å². The fraction of sp³-hybridized carbons (Fsp3) is 0.200. The first-order valence-corrected chi connectivity index (χ1v) is 3.61. The molecule has 0 aliphatic heterocycles. The number of rotatable bonds is 0. The Morgan fingerprint density at radius 1 is 1.17 bits per heavy atom. The molecule has 0 unspecified atom stereocenters. The summed E-state index contributed by atoms with van der Waals surface area (Å²) in [6, 6.07) is 9.17. The average Bonchev–Trinajstić information content (AvgIpc) is 2.02. The van der Waals surface area contributed by atoms with E-state index in [0.717, 1.165) is 5.56 Å². The summed E-state index contributed by atoms with van der Waals surface area (Å²) in [5.41, 5.74) is 0.770. The molecule has 0 aromatic heterocycles. The van der Waals surface area contributed by atoms with Crippen LogP contribution in [-0.4, -0.2) is 16.0 Å². The highest BCUT2D eigenvalue weighted by Gasteiger charge is 2.08. The zero-order valence-corrected chi connectivity index (χ0v) is 6.78. The first kappa shape index (κ1) is 8.79. The predicted molar refractivity (Wildman–Crippen MR) is 46.2 cm³/mol. The standard InChI is InChI=1S/C10H10O2/c1-10(11,12)8-7-9-5-3-2-4-6-9/h2-6,11-12H,1H3. The van der Waals surface area contributed by atoms with Gasteiger partial charge in [0.05, 0.1) is 0 Å². The van der Waals surface area contributed by atoms with Gasteiger partial charge in [-0.05, 0) is 18.1 Å². The minimum absolute atomic E-state index is 0.770. The average molecular weight is 162 g/mol. The monoisotopic (exact) mass is 162 g/mol. The maximum atomic E-state index is 8.86. The molecule has 0 heterocycles. The van der Waals surface area contributed by atoms with Crippen molar-refractivity contribution in [3.63, 3.8) is 0 Å². The SMILES string of the molecule is CC(O)(O)C#Cc1ccccc1. The van der Waals surface area contributed by atoms with Crippen LogP contribution in [0, 0.1) is 11.8 Å². The molecule has 0 saturated heterocycles. The summed E-state index contributed by atoms with van der Waals surface area (Å²) in [7, 11) is 0. The van der Waals surface area contributed by atoms with Gasteiger partial charge in [0.1, 0.15) is 0 Å². The van der Waals surface area contributed by atoms with Crippen molar-refractivity contribution in [3.8, 4) is 11.8 Å². The smallest absolute Gasteiger partial charge is 0.225 e. The number of aliphatic hydroxyl groups is 2. The summed E-state index contributed by atoms with van der Waals surface area (Å²) in [6.07, 6.45) is 0. The molecule has 2 N–H and O–H groups in total. The summed E-state index contributed by atoms with van der Waals surface area (Å²) in [6.45, 7) is 1.23. The van der Waals surface area contributed by atoms with Gasteiger partial charge in [-0.2, -0.15) is 0 Å². The van der Waals surface area contributed by atoms with Crippen molar-refractivity contribution in [1.82, 2.24) is 0 Å². The molecule has 0 bridgehead atoms. The molecular formula is C10H10O2. The van der Waals surface area contributed by atoms with Crippen LogP contribution in [0.5, 0.6) is 0 Å². The zero-order chi connectivity index (χ0) is 9.03. The van der Waals surface area contributed by atoms with E-state index in [9.17, 15) is 0 Å². The largest absolute Gasteiger partial charge is 0.356 e. The molecule has 62 valence electrons. The van der Waals surface area contributed by atoms with Gasteiger partial charge in [-0.3, -0.25) is 0 Å². The van der Waals surface area contributed by atoms with Gasteiger partial charge < -0.3 is 10.2 Å². The van der Waals surface area contributed by atoms with E-state index in [4.69, 9.17) is 10.2 Å². The van der Waals surface area contributed by atoms with Gasteiger partial charge >= 0.3 is 0 Å². The van der Waals surface area contributed by atoms with E-state index < -0.39 is 5.79 Å². The van der Waals surface area contributed by atoms with Crippen LogP contribution in [0.4, 0.5) is 0 Å². The van der Waals surface area contributed by atoms with E-state index in [1.807, 2.05) is 18.2 Å². The fourth-order valence-electron chi connectivity index (χ4n) is 0.712. The van der Waals surface area contributed by atoms with Crippen LogP contribution in [0.25, 0.3) is 0 Å². The Bertz CT molecular complexity index is 298. The lowest BCUT2D eigenvalue weighted by molar-refractivity contribution is -0.0915. The van der Waals surface area contributed by atoms with Crippen molar-refractivity contribution < 1.29 is 10.2 Å². The van der Waals surface area contributed by atoms with E-state index in [0.29, 0.717) is 0 Å². The molecule has 0 spiro atoms. The summed E-state index contributed by atoms with van der Waals surface area (Å²) in [5, 5.41) is 17.7. The molecule has 12 heavy (non-hydrogen) atoms. The third-order valence-electron chi connectivity index (χ3n) is 1.22. The molecule has 0 fully saturated rings. The second-order valence-corrected chi connectivity index (χ2v) is 2.64. The third-order valence-corrected chi connectivity index (χ3v) is 1.22. The van der Waals surface area contributed by atoms with E-state index >= 15 is 0 Å². The molecule has 2 nitrogen and oxygen atoms in total.